The van der Waals surface area contributed by atoms with Crippen LogP contribution in [0.2, 0.25) is 0 Å². The number of aryl methyl sites for hydroxylation is 1. The fourth-order valence-corrected chi connectivity index (χ4v) is 2.62. The molecule has 2 rings (SSSR count). The number of halogens is 2. The number of nitrogens with zero attached hydrogens (tertiary/aromatic N) is 1. The molecular formula is C15H22F2N2. The first-order chi connectivity index (χ1) is 9.13. The topological polar surface area (TPSA) is 15.3 Å². The predicted octanol–water partition coefficient (Wildman–Crippen LogP) is 3.10. The largest absolute Gasteiger partial charge is 0.366 e. The van der Waals surface area contributed by atoms with Crippen LogP contribution in [-0.2, 0) is 0 Å². The standard InChI is InChI=1S/C15H22F2N2/c1-3-7-18-9-12-6-8-19(10-12)15-13(16)5-4-11(2)14(15)17/h4-5,12,18H,3,6-10H2,1-2H3. The van der Waals surface area contributed by atoms with E-state index in [1.165, 1.54) is 12.1 Å². The molecule has 1 unspecified atom stereocenters. The predicted molar refractivity (Wildman–Crippen MR) is 74.6 cm³/mol. The molecule has 106 valence electrons. The first-order valence-electron chi connectivity index (χ1n) is 7.03. The highest BCUT2D eigenvalue weighted by Gasteiger charge is 2.27. The lowest BCUT2D eigenvalue weighted by Crippen LogP contribution is -2.27. The van der Waals surface area contributed by atoms with Crippen molar-refractivity contribution in [2.24, 2.45) is 5.92 Å². The molecule has 1 N–H and O–H groups in total. The van der Waals surface area contributed by atoms with Gasteiger partial charge in [-0.05, 0) is 50.4 Å². The summed E-state index contributed by atoms with van der Waals surface area (Å²) in [5, 5.41) is 3.38. The van der Waals surface area contributed by atoms with Gasteiger partial charge < -0.3 is 10.2 Å². The lowest BCUT2D eigenvalue weighted by Gasteiger charge is -2.21. The molecule has 1 saturated heterocycles. The Bertz CT molecular complexity index is 434. The zero-order valence-corrected chi connectivity index (χ0v) is 11.7. The van der Waals surface area contributed by atoms with E-state index in [0.29, 0.717) is 11.5 Å². The van der Waals surface area contributed by atoms with E-state index in [-0.39, 0.29) is 5.69 Å². The molecule has 1 heterocycles. The van der Waals surface area contributed by atoms with Gasteiger partial charge in [0.2, 0.25) is 0 Å². The van der Waals surface area contributed by atoms with E-state index in [2.05, 4.69) is 12.2 Å². The van der Waals surface area contributed by atoms with E-state index < -0.39 is 11.6 Å². The lowest BCUT2D eigenvalue weighted by molar-refractivity contribution is 0.514. The van der Waals surface area contributed by atoms with Gasteiger partial charge in [0.25, 0.3) is 0 Å². The summed E-state index contributed by atoms with van der Waals surface area (Å²) in [7, 11) is 0. The van der Waals surface area contributed by atoms with Crippen molar-refractivity contribution in [1.29, 1.82) is 0 Å². The van der Waals surface area contributed by atoms with Crippen molar-refractivity contribution in [2.45, 2.75) is 26.7 Å². The van der Waals surface area contributed by atoms with Gasteiger partial charge in [0.1, 0.15) is 11.5 Å². The maximum absolute atomic E-state index is 14.1. The summed E-state index contributed by atoms with van der Waals surface area (Å²) < 4.78 is 27.9. The Kier molecular flexibility index (Phi) is 4.75. The van der Waals surface area contributed by atoms with Gasteiger partial charge >= 0.3 is 0 Å². The summed E-state index contributed by atoms with van der Waals surface area (Å²) >= 11 is 0. The normalized spacial score (nSPS) is 19.2. The van der Waals surface area contributed by atoms with Crippen LogP contribution in [0.5, 0.6) is 0 Å². The summed E-state index contributed by atoms with van der Waals surface area (Å²) in [6, 6.07) is 2.85. The molecule has 0 aliphatic carbocycles. The van der Waals surface area contributed by atoms with Crippen LogP contribution in [-0.4, -0.2) is 26.2 Å². The van der Waals surface area contributed by atoms with Crippen LogP contribution < -0.4 is 10.2 Å². The van der Waals surface area contributed by atoms with Crippen LogP contribution in [0, 0.1) is 24.5 Å². The lowest BCUT2D eigenvalue weighted by atomic mass is 10.1. The fraction of sp³-hybridized carbons (Fsp3) is 0.600. The van der Waals surface area contributed by atoms with Crippen LogP contribution in [0.1, 0.15) is 25.3 Å². The van der Waals surface area contributed by atoms with Crippen molar-refractivity contribution in [2.75, 3.05) is 31.1 Å². The third kappa shape index (κ3) is 3.24. The van der Waals surface area contributed by atoms with Crippen molar-refractivity contribution < 1.29 is 8.78 Å². The van der Waals surface area contributed by atoms with Crippen molar-refractivity contribution in [3.05, 3.63) is 29.3 Å². The molecule has 0 saturated carbocycles. The van der Waals surface area contributed by atoms with Crippen molar-refractivity contribution in [3.8, 4) is 0 Å². The number of benzene rings is 1. The quantitative estimate of drug-likeness (QED) is 0.826. The molecule has 2 nitrogen and oxygen atoms in total. The Morgan fingerprint density at radius 3 is 2.89 bits per heavy atom. The SMILES string of the molecule is CCCNCC1CCN(c2c(F)ccc(C)c2F)C1. The van der Waals surface area contributed by atoms with Gasteiger partial charge in [-0.3, -0.25) is 0 Å². The van der Waals surface area contributed by atoms with Gasteiger partial charge in [0, 0.05) is 13.1 Å². The Balaban J connectivity index is 2.03. The minimum absolute atomic E-state index is 0.151. The Labute approximate surface area is 113 Å². The van der Waals surface area contributed by atoms with Gasteiger partial charge in [0.05, 0.1) is 0 Å². The average Bonchev–Trinajstić information content (AvgIpc) is 2.83. The molecule has 4 heteroatoms. The maximum Gasteiger partial charge on any atom is 0.152 e. The first-order valence-corrected chi connectivity index (χ1v) is 7.03. The number of nitrogens with one attached hydrogen (secondary N) is 1. The number of anilines is 1. The van der Waals surface area contributed by atoms with E-state index >= 15 is 0 Å². The van der Waals surface area contributed by atoms with Crippen molar-refractivity contribution in [3.63, 3.8) is 0 Å². The first kappa shape index (κ1) is 14.3. The molecule has 1 aromatic carbocycles. The molecule has 19 heavy (non-hydrogen) atoms. The Morgan fingerprint density at radius 2 is 2.16 bits per heavy atom. The molecule has 1 aliphatic heterocycles. The summed E-state index contributed by atoms with van der Waals surface area (Å²) in [6.45, 7) is 7.20. The zero-order chi connectivity index (χ0) is 13.8. The number of rotatable bonds is 5. The van der Waals surface area contributed by atoms with Crippen LogP contribution in [0.4, 0.5) is 14.5 Å². The monoisotopic (exact) mass is 268 g/mol. The van der Waals surface area contributed by atoms with Gasteiger partial charge in [-0.1, -0.05) is 13.0 Å². The Hall–Kier alpha value is -1.16. The third-order valence-corrected chi connectivity index (χ3v) is 3.72. The second-order valence-corrected chi connectivity index (χ2v) is 5.33. The molecule has 0 aromatic heterocycles. The molecule has 0 radical (unpaired) electrons. The zero-order valence-electron chi connectivity index (χ0n) is 11.7. The van der Waals surface area contributed by atoms with E-state index in [0.717, 1.165) is 39.0 Å². The highest BCUT2D eigenvalue weighted by atomic mass is 19.1. The molecule has 1 aliphatic rings. The molecule has 0 bridgehead atoms. The highest BCUT2D eigenvalue weighted by molar-refractivity contribution is 5.52. The van der Waals surface area contributed by atoms with E-state index in [9.17, 15) is 8.78 Å². The summed E-state index contributed by atoms with van der Waals surface area (Å²) in [5.41, 5.74) is 0.655. The maximum atomic E-state index is 14.1. The second-order valence-electron chi connectivity index (χ2n) is 5.33. The van der Waals surface area contributed by atoms with Crippen LogP contribution in [0.25, 0.3) is 0 Å². The molecular weight excluding hydrogens is 246 g/mol. The van der Waals surface area contributed by atoms with Gasteiger partial charge in [-0.15, -0.1) is 0 Å². The minimum Gasteiger partial charge on any atom is -0.366 e. The van der Waals surface area contributed by atoms with E-state index in [1.54, 1.807) is 6.92 Å². The van der Waals surface area contributed by atoms with Crippen LogP contribution >= 0.6 is 0 Å². The number of hydrogen-bond donors (Lipinski definition) is 1. The van der Waals surface area contributed by atoms with E-state index in [1.807, 2.05) is 4.90 Å². The Morgan fingerprint density at radius 1 is 1.37 bits per heavy atom. The molecule has 0 spiro atoms. The van der Waals surface area contributed by atoms with Gasteiger partial charge in [0.15, 0.2) is 5.82 Å². The molecule has 0 amide bonds. The summed E-state index contributed by atoms with van der Waals surface area (Å²) in [6.07, 6.45) is 2.10. The fourth-order valence-electron chi connectivity index (χ4n) is 2.62. The highest BCUT2D eigenvalue weighted by Crippen LogP contribution is 2.30. The smallest absolute Gasteiger partial charge is 0.152 e. The minimum atomic E-state index is -0.453. The van der Waals surface area contributed by atoms with Gasteiger partial charge in [-0.25, -0.2) is 8.78 Å². The molecule has 1 aromatic rings. The van der Waals surface area contributed by atoms with Crippen LogP contribution in [0.15, 0.2) is 12.1 Å². The summed E-state index contributed by atoms with van der Waals surface area (Å²) in [5.74, 6) is -0.390. The van der Waals surface area contributed by atoms with Gasteiger partial charge in [-0.2, -0.15) is 0 Å². The summed E-state index contributed by atoms with van der Waals surface area (Å²) in [4.78, 5) is 1.84. The van der Waals surface area contributed by atoms with Crippen LogP contribution in [0.3, 0.4) is 0 Å². The number of hydrogen-bond acceptors (Lipinski definition) is 2. The van der Waals surface area contributed by atoms with Crippen molar-refractivity contribution >= 4 is 5.69 Å². The van der Waals surface area contributed by atoms with Crippen molar-refractivity contribution in [1.82, 2.24) is 5.32 Å². The van der Waals surface area contributed by atoms with E-state index in [4.69, 9.17) is 0 Å². The second kappa shape index (κ2) is 6.33. The molecule has 1 fully saturated rings. The average molecular weight is 268 g/mol. The molecule has 1 atom stereocenters. The third-order valence-electron chi connectivity index (χ3n) is 3.72.